The first-order chi connectivity index (χ1) is 4.76. The van der Waals surface area contributed by atoms with Crippen LogP contribution >= 0.6 is 0 Å². The first kappa shape index (κ1) is 8.96. The molecular weight excluding hydrogens is 128 g/mol. The lowest BCUT2D eigenvalue weighted by Crippen LogP contribution is -2.07. The smallest absolute Gasteiger partial charge is 0.106 e. The Labute approximate surface area is 61.3 Å². The average molecular weight is 140 g/mol. The van der Waals surface area contributed by atoms with Crippen LogP contribution in [0.5, 0.6) is 0 Å². The molecule has 0 fully saturated rings. The Balaban J connectivity index is 4.04. The summed E-state index contributed by atoms with van der Waals surface area (Å²) >= 11 is 0. The van der Waals surface area contributed by atoms with Gasteiger partial charge in [0.15, 0.2) is 0 Å². The van der Waals surface area contributed by atoms with Gasteiger partial charge in [0.05, 0.1) is 17.7 Å². The molecule has 3 heteroatoms. The second kappa shape index (κ2) is 4.80. The van der Waals surface area contributed by atoms with Crippen molar-refractivity contribution in [3.05, 3.63) is 0 Å². The maximum Gasteiger partial charge on any atom is 0.106 e. The standard InChI is InChI=1S/C7H12N2O/c1-4-7(5-8)6(2)9-10-3/h7H,4H2,1-3H3/b9-6+. The van der Waals surface area contributed by atoms with E-state index in [2.05, 4.69) is 16.1 Å². The Morgan fingerprint density at radius 1 is 1.80 bits per heavy atom. The third-order valence-corrected chi connectivity index (χ3v) is 1.30. The molecule has 0 rings (SSSR count). The molecule has 56 valence electrons. The van der Waals surface area contributed by atoms with Crippen LogP contribution in [0.2, 0.25) is 0 Å². The normalized spacial score (nSPS) is 14.0. The van der Waals surface area contributed by atoms with E-state index in [9.17, 15) is 0 Å². The molecule has 3 nitrogen and oxygen atoms in total. The first-order valence-electron chi connectivity index (χ1n) is 3.23. The summed E-state index contributed by atoms with van der Waals surface area (Å²) < 4.78 is 0. The summed E-state index contributed by atoms with van der Waals surface area (Å²) in [5.74, 6) is -0.0973. The minimum atomic E-state index is -0.0973. The van der Waals surface area contributed by atoms with Crippen LogP contribution in [0.15, 0.2) is 5.16 Å². The minimum absolute atomic E-state index is 0.0973. The van der Waals surface area contributed by atoms with Crippen molar-refractivity contribution in [2.24, 2.45) is 11.1 Å². The molecule has 0 aromatic carbocycles. The molecule has 0 saturated carbocycles. The molecule has 0 aromatic rings. The van der Waals surface area contributed by atoms with Crippen molar-refractivity contribution in [1.82, 2.24) is 0 Å². The summed E-state index contributed by atoms with van der Waals surface area (Å²) in [4.78, 5) is 4.53. The average Bonchev–Trinajstić information content (AvgIpc) is 1.91. The van der Waals surface area contributed by atoms with Crippen LogP contribution in [0, 0.1) is 17.2 Å². The van der Waals surface area contributed by atoms with Crippen LogP contribution in [0.1, 0.15) is 20.3 Å². The van der Waals surface area contributed by atoms with Gasteiger partial charge in [0, 0.05) is 0 Å². The number of nitriles is 1. The highest BCUT2D eigenvalue weighted by Crippen LogP contribution is 2.02. The van der Waals surface area contributed by atoms with Gasteiger partial charge in [-0.1, -0.05) is 12.1 Å². The summed E-state index contributed by atoms with van der Waals surface area (Å²) in [7, 11) is 1.48. The van der Waals surface area contributed by atoms with Gasteiger partial charge in [-0.2, -0.15) is 5.26 Å². The van der Waals surface area contributed by atoms with Crippen LogP contribution < -0.4 is 0 Å². The third-order valence-electron chi connectivity index (χ3n) is 1.30. The van der Waals surface area contributed by atoms with Crippen LogP contribution in [0.3, 0.4) is 0 Å². The van der Waals surface area contributed by atoms with Crippen LogP contribution in [-0.4, -0.2) is 12.8 Å². The highest BCUT2D eigenvalue weighted by Gasteiger charge is 2.07. The molecule has 1 atom stereocenters. The van der Waals surface area contributed by atoms with Crippen molar-refractivity contribution >= 4 is 5.71 Å². The Hall–Kier alpha value is -1.04. The predicted molar refractivity (Wildman–Crippen MR) is 39.5 cm³/mol. The summed E-state index contributed by atoms with van der Waals surface area (Å²) in [5, 5.41) is 12.2. The molecule has 0 heterocycles. The quantitative estimate of drug-likeness (QED) is 0.441. The molecular formula is C7H12N2O. The second-order valence-electron chi connectivity index (χ2n) is 2.01. The Bertz CT molecular complexity index is 157. The SMILES string of the molecule is CCC(C#N)/C(C)=N/OC. The Morgan fingerprint density at radius 3 is 2.70 bits per heavy atom. The lowest BCUT2D eigenvalue weighted by molar-refractivity contribution is 0.211. The number of nitrogens with zero attached hydrogens (tertiary/aromatic N) is 2. The predicted octanol–water partition coefficient (Wildman–Crippen LogP) is 1.56. The van der Waals surface area contributed by atoms with Crippen LogP contribution in [0.25, 0.3) is 0 Å². The van der Waals surface area contributed by atoms with Crippen molar-refractivity contribution in [3.63, 3.8) is 0 Å². The van der Waals surface area contributed by atoms with Crippen LogP contribution in [0.4, 0.5) is 0 Å². The van der Waals surface area contributed by atoms with Crippen molar-refractivity contribution in [2.75, 3.05) is 7.11 Å². The van der Waals surface area contributed by atoms with Gasteiger partial charge in [0.2, 0.25) is 0 Å². The largest absolute Gasteiger partial charge is 0.399 e. The number of hydrogen-bond acceptors (Lipinski definition) is 3. The zero-order valence-corrected chi connectivity index (χ0v) is 6.59. The fourth-order valence-electron chi connectivity index (χ4n) is 0.688. The monoisotopic (exact) mass is 140 g/mol. The summed E-state index contributed by atoms with van der Waals surface area (Å²) in [6.45, 7) is 3.74. The fraction of sp³-hybridized carbons (Fsp3) is 0.714. The van der Waals surface area contributed by atoms with Gasteiger partial charge in [-0.3, -0.25) is 0 Å². The van der Waals surface area contributed by atoms with E-state index in [1.54, 1.807) is 6.92 Å². The van der Waals surface area contributed by atoms with Crippen LogP contribution in [-0.2, 0) is 4.84 Å². The van der Waals surface area contributed by atoms with Gasteiger partial charge in [-0.05, 0) is 13.3 Å². The topological polar surface area (TPSA) is 45.4 Å². The van der Waals surface area contributed by atoms with Gasteiger partial charge in [-0.15, -0.1) is 0 Å². The van der Waals surface area contributed by atoms with E-state index in [-0.39, 0.29) is 5.92 Å². The highest BCUT2D eigenvalue weighted by atomic mass is 16.6. The molecule has 10 heavy (non-hydrogen) atoms. The first-order valence-corrected chi connectivity index (χ1v) is 3.23. The molecule has 0 saturated heterocycles. The number of oxime groups is 1. The van der Waals surface area contributed by atoms with E-state index < -0.39 is 0 Å². The van der Waals surface area contributed by atoms with E-state index in [0.717, 1.165) is 12.1 Å². The van der Waals surface area contributed by atoms with E-state index in [0.29, 0.717) is 0 Å². The minimum Gasteiger partial charge on any atom is -0.399 e. The lowest BCUT2D eigenvalue weighted by atomic mass is 10.0. The Morgan fingerprint density at radius 2 is 2.40 bits per heavy atom. The molecule has 0 spiro atoms. The fourth-order valence-corrected chi connectivity index (χ4v) is 0.688. The maximum absolute atomic E-state index is 8.54. The summed E-state index contributed by atoms with van der Waals surface area (Å²) in [6.07, 6.45) is 0.787. The molecule has 0 aliphatic carbocycles. The number of hydrogen-bond donors (Lipinski definition) is 0. The van der Waals surface area contributed by atoms with Gasteiger partial charge in [0.1, 0.15) is 7.11 Å². The second-order valence-corrected chi connectivity index (χ2v) is 2.01. The molecule has 0 radical (unpaired) electrons. The van der Waals surface area contributed by atoms with Gasteiger partial charge in [0.25, 0.3) is 0 Å². The van der Waals surface area contributed by atoms with Crippen molar-refractivity contribution in [3.8, 4) is 6.07 Å². The van der Waals surface area contributed by atoms with Crippen molar-refractivity contribution in [1.29, 1.82) is 5.26 Å². The molecule has 0 aromatic heterocycles. The molecule has 0 aliphatic rings. The Kier molecular flexibility index (Phi) is 4.30. The maximum atomic E-state index is 8.54. The van der Waals surface area contributed by atoms with E-state index in [4.69, 9.17) is 5.26 Å². The lowest BCUT2D eigenvalue weighted by Gasteiger charge is -2.02. The van der Waals surface area contributed by atoms with Crippen molar-refractivity contribution in [2.45, 2.75) is 20.3 Å². The van der Waals surface area contributed by atoms with Crippen molar-refractivity contribution < 1.29 is 4.84 Å². The molecule has 0 N–H and O–H groups in total. The van der Waals surface area contributed by atoms with Gasteiger partial charge >= 0.3 is 0 Å². The highest BCUT2D eigenvalue weighted by molar-refractivity contribution is 5.85. The summed E-state index contributed by atoms with van der Waals surface area (Å²) in [6, 6.07) is 2.13. The van der Waals surface area contributed by atoms with Gasteiger partial charge in [-0.25, -0.2) is 0 Å². The zero-order chi connectivity index (χ0) is 7.98. The molecule has 1 unspecified atom stereocenters. The van der Waals surface area contributed by atoms with E-state index in [1.165, 1.54) is 7.11 Å². The molecule has 0 amide bonds. The molecule has 0 bridgehead atoms. The van der Waals surface area contributed by atoms with Gasteiger partial charge < -0.3 is 4.84 Å². The van der Waals surface area contributed by atoms with E-state index in [1.807, 2.05) is 6.92 Å². The molecule has 0 aliphatic heterocycles. The third kappa shape index (κ3) is 2.49. The summed E-state index contributed by atoms with van der Waals surface area (Å²) in [5.41, 5.74) is 0.743. The number of rotatable bonds is 3. The van der Waals surface area contributed by atoms with E-state index >= 15 is 0 Å². The zero-order valence-electron chi connectivity index (χ0n) is 6.59.